The molecule has 1 aromatic carbocycles. The highest BCUT2D eigenvalue weighted by atomic mass is 35.5. The maximum Gasteiger partial charge on any atom is 0.391 e. The lowest BCUT2D eigenvalue weighted by Crippen LogP contribution is -2.46. The van der Waals surface area contributed by atoms with E-state index in [0.29, 0.717) is 55.0 Å². The van der Waals surface area contributed by atoms with Crippen LogP contribution in [-0.4, -0.2) is 41.4 Å². The van der Waals surface area contributed by atoms with Gasteiger partial charge in [-0.3, -0.25) is 4.99 Å². The van der Waals surface area contributed by atoms with Crippen LogP contribution in [0.25, 0.3) is 11.4 Å². The maximum atomic E-state index is 12.8. The van der Waals surface area contributed by atoms with E-state index >= 15 is 0 Å². The lowest BCUT2D eigenvalue weighted by atomic mass is 9.85. The number of aliphatic imine (C=N–C) groups is 1. The van der Waals surface area contributed by atoms with Crippen LogP contribution in [0.2, 0.25) is 5.02 Å². The molecule has 0 bridgehead atoms. The molecule has 1 saturated carbocycles. The third kappa shape index (κ3) is 6.35. The zero-order valence-electron chi connectivity index (χ0n) is 16.7. The molecule has 6 nitrogen and oxygen atoms in total. The average Bonchev–Trinajstić information content (AvgIpc) is 3.17. The van der Waals surface area contributed by atoms with E-state index < -0.39 is 12.1 Å². The number of guanidine groups is 1. The standard InChI is InChI=1S/C20H25ClF3N5O/c1-2-25-19(27-16-8-6-14(7-9-16)20(22,23)24)26-11-10-17-28-18(29-30-17)13-4-3-5-15(21)12-13/h3-5,12,14,16H,2,6-11H2,1H3,(H2,25,26,27). The summed E-state index contributed by atoms with van der Waals surface area (Å²) in [7, 11) is 0. The van der Waals surface area contributed by atoms with E-state index in [-0.39, 0.29) is 18.9 Å². The first-order chi connectivity index (χ1) is 14.3. The maximum absolute atomic E-state index is 12.8. The van der Waals surface area contributed by atoms with Gasteiger partial charge < -0.3 is 15.2 Å². The summed E-state index contributed by atoms with van der Waals surface area (Å²) >= 11 is 5.99. The first kappa shape index (κ1) is 22.4. The first-order valence-electron chi connectivity index (χ1n) is 10.0. The van der Waals surface area contributed by atoms with Gasteiger partial charge in [0.15, 0.2) is 5.96 Å². The highest BCUT2D eigenvalue weighted by molar-refractivity contribution is 6.30. The second-order valence-electron chi connectivity index (χ2n) is 7.27. The highest BCUT2D eigenvalue weighted by Crippen LogP contribution is 2.37. The van der Waals surface area contributed by atoms with Crippen LogP contribution < -0.4 is 10.6 Å². The van der Waals surface area contributed by atoms with Gasteiger partial charge in [-0.2, -0.15) is 18.2 Å². The summed E-state index contributed by atoms with van der Waals surface area (Å²) in [5.41, 5.74) is 0.769. The van der Waals surface area contributed by atoms with Crippen molar-refractivity contribution in [3.63, 3.8) is 0 Å². The van der Waals surface area contributed by atoms with E-state index in [1.165, 1.54) is 0 Å². The molecule has 1 heterocycles. The third-order valence-electron chi connectivity index (χ3n) is 5.02. The SMILES string of the molecule is CCNC(=NCCc1nc(-c2cccc(Cl)c2)no1)NC1CCC(C(F)(F)F)CC1. The molecule has 0 atom stereocenters. The predicted octanol–water partition coefficient (Wildman–Crippen LogP) is 4.61. The molecule has 2 N–H and O–H groups in total. The molecule has 30 heavy (non-hydrogen) atoms. The predicted molar refractivity (Wildman–Crippen MR) is 109 cm³/mol. The molecule has 0 unspecified atom stereocenters. The number of aromatic nitrogens is 2. The third-order valence-corrected chi connectivity index (χ3v) is 5.26. The van der Waals surface area contributed by atoms with E-state index in [4.69, 9.17) is 16.1 Å². The number of nitrogens with one attached hydrogen (secondary N) is 2. The van der Waals surface area contributed by atoms with Crippen molar-refractivity contribution in [2.24, 2.45) is 10.9 Å². The number of hydrogen-bond acceptors (Lipinski definition) is 4. The zero-order valence-corrected chi connectivity index (χ0v) is 17.4. The van der Waals surface area contributed by atoms with Gasteiger partial charge in [0.05, 0.1) is 12.5 Å². The normalized spacial score (nSPS) is 20.2. The van der Waals surface area contributed by atoms with Crippen molar-refractivity contribution in [3.05, 3.63) is 35.2 Å². The Hall–Kier alpha value is -2.29. The van der Waals surface area contributed by atoms with E-state index in [0.717, 1.165) is 5.56 Å². The van der Waals surface area contributed by atoms with Crippen molar-refractivity contribution in [3.8, 4) is 11.4 Å². The monoisotopic (exact) mass is 443 g/mol. The molecule has 0 amide bonds. The van der Waals surface area contributed by atoms with Crippen molar-refractivity contribution >= 4 is 17.6 Å². The number of benzene rings is 1. The molecule has 0 radical (unpaired) electrons. The van der Waals surface area contributed by atoms with Gasteiger partial charge in [-0.1, -0.05) is 28.9 Å². The molecule has 2 aromatic rings. The van der Waals surface area contributed by atoms with Crippen LogP contribution in [0.4, 0.5) is 13.2 Å². The van der Waals surface area contributed by atoms with Gasteiger partial charge in [0.25, 0.3) is 0 Å². The van der Waals surface area contributed by atoms with E-state index in [2.05, 4.69) is 25.8 Å². The molecule has 1 aromatic heterocycles. The summed E-state index contributed by atoms with van der Waals surface area (Å²) < 4.78 is 43.8. The highest BCUT2D eigenvalue weighted by Gasteiger charge is 2.41. The Labute approximate surface area is 178 Å². The summed E-state index contributed by atoms with van der Waals surface area (Å²) in [5, 5.41) is 10.9. The fourth-order valence-corrected chi connectivity index (χ4v) is 3.63. The largest absolute Gasteiger partial charge is 0.391 e. The van der Waals surface area contributed by atoms with Crippen molar-refractivity contribution in [1.29, 1.82) is 0 Å². The van der Waals surface area contributed by atoms with E-state index in [1.807, 2.05) is 19.1 Å². The quantitative estimate of drug-likeness (QED) is 0.503. The summed E-state index contributed by atoms with van der Waals surface area (Å²) in [4.78, 5) is 8.85. The van der Waals surface area contributed by atoms with Crippen molar-refractivity contribution in [2.75, 3.05) is 13.1 Å². The smallest absolute Gasteiger partial charge is 0.357 e. The molecule has 0 saturated heterocycles. The minimum atomic E-state index is -4.10. The molecule has 1 aliphatic carbocycles. The average molecular weight is 444 g/mol. The van der Waals surface area contributed by atoms with Gasteiger partial charge >= 0.3 is 6.18 Å². The summed E-state index contributed by atoms with van der Waals surface area (Å²) in [6.07, 6.45) is -2.41. The molecule has 0 spiro atoms. The number of halogens is 4. The van der Waals surface area contributed by atoms with Crippen molar-refractivity contribution in [1.82, 2.24) is 20.8 Å². The molecule has 1 aliphatic rings. The van der Waals surface area contributed by atoms with Crippen molar-refractivity contribution in [2.45, 2.75) is 51.2 Å². The first-order valence-corrected chi connectivity index (χ1v) is 10.4. The molecule has 1 fully saturated rings. The topological polar surface area (TPSA) is 75.3 Å². The second-order valence-corrected chi connectivity index (χ2v) is 7.70. The summed E-state index contributed by atoms with van der Waals surface area (Å²) in [6, 6.07) is 7.17. The molecule has 3 rings (SSSR count). The van der Waals surface area contributed by atoms with Crippen LogP contribution in [0.5, 0.6) is 0 Å². The Balaban J connectivity index is 1.52. The molecule has 164 valence electrons. The van der Waals surface area contributed by atoms with Gasteiger partial charge in [0, 0.05) is 29.6 Å². The van der Waals surface area contributed by atoms with Gasteiger partial charge in [-0.15, -0.1) is 0 Å². The minimum absolute atomic E-state index is 0.0146. The number of alkyl halides is 3. The van der Waals surface area contributed by atoms with Gasteiger partial charge in [-0.05, 0) is 44.7 Å². The second kappa shape index (κ2) is 10.1. The fourth-order valence-electron chi connectivity index (χ4n) is 3.44. The number of rotatable bonds is 6. The van der Waals surface area contributed by atoms with E-state index in [9.17, 15) is 13.2 Å². The summed E-state index contributed by atoms with van der Waals surface area (Å²) in [5.74, 6) is 0.307. The number of nitrogens with zero attached hydrogens (tertiary/aromatic N) is 3. The Bertz CT molecular complexity index is 847. The van der Waals surface area contributed by atoms with Crippen LogP contribution in [0.1, 0.15) is 38.5 Å². The number of hydrogen-bond donors (Lipinski definition) is 2. The van der Waals surface area contributed by atoms with Crippen LogP contribution in [0.15, 0.2) is 33.8 Å². The molecule has 10 heteroatoms. The minimum Gasteiger partial charge on any atom is -0.357 e. The van der Waals surface area contributed by atoms with Crippen molar-refractivity contribution < 1.29 is 17.7 Å². The van der Waals surface area contributed by atoms with Crippen LogP contribution in [-0.2, 0) is 6.42 Å². The zero-order chi connectivity index (χ0) is 21.6. The van der Waals surface area contributed by atoms with Gasteiger partial charge in [0.1, 0.15) is 0 Å². The lowest BCUT2D eigenvalue weighted by Gasteiger charge is -2.31. The Morgan fingerprint density at radius 3 is 2.70 bits per heavy atom. The Kier molecular flexibility index (Phi) is 7.58. The Morgan fingerprint density at radius 2 is 2.03 bits per heavy atom. The lowest BCUT2D eigenvalue weighted by molar-refractivity contribution is -0.182. The fraction of sp³-hybridized carbons (Fsp3) is 0.550. The Morgan fingerprint density at radius 1 is 1.27 bits per heavy atom. The van der Waals surface area contributed by atoms with Gasteiger partial charge in [-0.25, -0.2) is 0 Å². The van der Waals surface area contributed by atoms with Crippen LogP contribution >= 0.6 is 11.6 Å². The molecular formula is C20H25ClF3N5O. The van der Waals surface area contributed by atoms with E-state index in [1.54, 1.807) is 12.1 Å². The van der Waals surface area contributed by atoms with Crippen LogP contribution in [0.3, 0.4) is 0 Å². The van der Waals surface area contributed by atoms with Crippen LogP contribution in [0, 0.1) is 5.92 Å². The van der Waals surface area contributed by atoms with Gasteiger partial charge in [0.2, 0.25) is 11.7 Å². The molecule has 0 aliphatic heterocycles. The molecular weight excluding hydrogens is 419 g/mol. The summed E-state index contributed by atoms with van der Waals surface area (Å²) in [6.45, 7) is 3.00.